The Morgan fingerprint density at radius 1 is 1.11 bits per heavy atom. The summed E-state index contributed by atoms with van der Waals surface area (Å²) in [6.07, 6.45) is -4.41. The summed E-state index contributed by atoms with van der Waals surface area (Å²) in [5.74, 6) is -0.557. The molecule has 186 valence electrons. The van der Waals surface area contributed by atoms with Gasteiger partial charge < -0.3 is 24.7 Å². The van der Waals surface area contributed by atoms with E-state index in [1.54, 1.807) is 0 Å². The van der Waals surface area contributed by atoms with Crippen molar-refractivity contribution in [3.63, 3.8) is 0 Å². The van der Waals surface area contributed by atoms with Crippen LogP contribution in [-0.4, -0.2) is 40.4 Å². The third-order valence-corrected chi connectivity index (χ3v) is 5.11. The molecule has 1 atom stereocenters. The second kappa shape index (κ2) is 10.2. The summed E-state index contributed by atoms with van der Waals surface area (Å²) in [6.45, 7) is -0.657. The lowest BCUT2D eigenvalue weighted by molar-refractivity contribution is -0.137. The Balaban J connectivity index is 1.63. The Hall–Kier alpha value is -4.22. The number of halogens is 3. The van der Waals surface area contributed by atoms with E-state index in [9.17, 15) is 27.9 Å². The zero-order valence-corrected chi connectivity index (χ0v) is 18.5. The fourth-order valence-electron chi connectivity index (χ4n) is 3.30. The molecular formula is C25H19F3N2O6. The zero-order valence-electron chi connectivity index (χ0n) is 18.5. The van der Waals surface area contributed by atoms with Crippen LogP contribution in [0.1, 0.15) is 15.9 Å². The van der Waals surface area contributed by atoms with Crippen LogP contribution in [0.5, 0.6) is 5.88 Å². The Bertz CT molecular complexity index is 1450. The van der Waals surface area contributed by atoms with Gasteiger partial charge >= 0.3 is 6.18 Å². The molecule has 0 radical (unpaired) electrons. The summed E-state index contributed by atoms with van der Waals surface area (Å²) in [4.78, 5) is 29.4. The van der Waals surface area contributed by atoms with Crippen LogP contribution in [0.3, 0.4) is 0 Å². The van der Waals surface area contributed by atoms with Crippen LogP contribution in [-0.2, 0) is 6.18 Å². The highest BCUT2D eigenvalue weighted by Crippen LogP contribution is 2.33. The molecule has 1 unspecified atom stereocenters. The molecule has 8 nitrogen and oxygen atoms in total. The number of amides is 1. The Morgan fingerprint density at radius 3 is 2.58 bits per heavy atom. The van der Waals surface area contributed by atoms with Gasteiger partial charge in [-0.1, -0.05) is 18.2 Å². The van der Waals surface area contributed by atoms with Crippen molar-refractivity contribution in [1.29, 1.82) is 0 Å². The van der Waals surface area contributed by atoms with E-state index < -0.39 is 35.8 Å². The third kappa shape index (κ3) is 5.53. The van der Waals surface area contributed by atoms with Crippen molar-refractivity contribution in [2.45, 2.75) is 12.3 Å². The second-order valence-electron chi connectivity index (χ2n) is 7.72. The van der Waals surface area contributed by atoms with Gasteiger partial charge in [0.1, 0.15) is 18.5 Å². The number of aliphatic hydroxyl groups excluding tert-OH is 2. The van der Waals surface area contributed by atoms with E-state index in [4.69, 9.17) is 14.3 Å². The van der Waals surface area contributed by atoms with E-state index in [0.29, 0.717) is 0 Å². The van der Waals surface area contributed by atoms with Crippen molar-refractivity contribution < 1.29 is 37.3 Å². The van der Waals surface area contributed by atoms with E-state index >= 15 is 0 Å². The molecule has 2 heterocycles. The zero-order chi connectivity index (χ0) is 25.9. The van der Waals surface area contributed by atoms with Crippen LogP contribution in [0.25, 0.3) is 22.3 Å². The number of ether oxygens (including phenoxy) is 1. The first-order valence-corrected chi connectivity index (χ1v) is 10.6. The normalized spacial score (nSPS) is 12.4. The van der Waals surface area contributed by atoms with Gasteiger partial charge in [-0.25, -0.2) is 4.98 Å². The Morgan fingerprint density at radius 2 is 1.89 bits per heavy atom. The minimum absolute atomic E-state index is 0.00309. The molecule has 4 rings (SSSR count). The number of anilines is 1. The summed E-state index contributed by atoms with van der Waals surface area (Å²) in [5, 5.41) is 20.9. The standard InChI is InChI=1S/C25H19F3N2O6/c26-25(27,28)16-4-1-3-14(9-16)21-10-20(33)18-5-2-6-19(23(18)36-21)30-24(34)15-7-8-22(29-11-15)35-13-17(32)12-31/h1-11,17,31-32H,12-13H2,(H,30,34). The smallest absolute Gasteiger partial charge is 0.416 e. The summed E-state index contributed by atoms with van der Waals surface area (Å²) in [7, 11) is 0. The van der Waals surface area contributed by atoms with Gasteiger partial charge in [-0.2, -0.15) is 13.2 Å². The summed E-state index contributed by atoms with van der Waals surface area (Å²) in [6, 6.07) is 12.8. The number of para-hydroxylation sites is 1. The maximum absolute atomic E-state index is 13.1. The molecular weight excluding hydrogens is 481 g/mol. The van der Waals surface area contributed by atoms with Crippen LogP contribution in [0.2, 0.25) is 0 Å². The summed E-state index contributed by atoms with van der Waals surface area (Å²) >= 11 is 0. The number of aromatic nitrogens is 1. The molecule has 0 saturated heterocycles. The van der Waals surface area contributed by atoms with Gasteiger partial charge in [-0.3, -0.25) is 9.59 Å². The fourth-order valence-corrected chi connectivity index (χ4v) is 3.30. The van der Waals surface area contributed by atoms with Gasteiger partial charge in [0.2, 0.25) is 5.88 Å². The average molecular weight is 500 g/mol. The summed E-state index contributed by atoms with van der Waals surface area (Å²) < 4.78 is 50.4. The SMILES string of the molecule is O=C(Nc1cccc2c(=O)cc(-c3cccc(C(F)(F)F)c3)oc12)c1ccc(OCC(O)CO)nc1. The van der Waals surface area contributed by atoms with Crippen molar-refractivity contribution >= 4 is 22.6 Å². The first-order chi connectivity index (χ1) is 17.2. The molecule has 2 aromatic carbocycles. The van der Waals surface area contributed by atoms with Crippen molar-refractivity contribution in [1.82, 2.24) is 4.98 Å². The number of nitrogens with one attached hydrogen (secondary N) is 1. The number of carbonyl (C=O) groups is 1. The first kappa shape index (κ1) is 24.9. The van der Waals surface area contributed by atoms with E-state index in [1.165, 1.54) is 48.7 Å². The van der Waals surface area contributed by atoms with Gasteiger partial charge in [0.15, 0.2) is 11.0 Å². The molecule has 2 aromatic heterocycles. The lowest BCUT2D eigenvalue weighted by Gasteiger charge is -2.11. The molecule has 3 N–H and O–H groups in total. The molecule has 0 aliphatic rings. The number of carbonyl (C=O) groups excluding carboxylic acids is 1. The number of nitrogens with zero attached hydrogens (tertiary/aromatic N) is 1. The minimum atomic E-state index is -4.57. The molecule has 0 spiro atoms. The predicted molar refractivity (Wildman–Crippen MR) is 124 cm³/mol. The van der Waals surface area contributed by atoms with Gasteiger partial charge in [0.05, 0.1) is 28.8 Å². The Labute approximate surface area is 201 Å². The lowest BCUT2D eigenvalue weighted by atomic mass is 10.1. The Kier molecular flexibility index (Phi) is 7.04. The van der Waals surface area contributed by atoms with E-state index in [2.05, 4.69) is 10.3 Å². The highest BCUT2D eigenvalue weighted by molar-refractivity contribution is 6.07. The van der Waals surface area contributed by atoms with Crippen LogP contribution >= 0.6 is 0 Å². The highest BCUT2D eigenvalue weighted by Gasteiger charge is 2.30. The van der Waals surface area contributed by atoms with Gasteiger partial charge in [-0.05, 0) is 30.3 Å². The number of alkyl halides is 3. The van der Waals surface area contributed by atoms with Crippen molar-refractivity contribution in [2.75, 3.05) is 18.5 Å². The molecule has 0 saturated carbocycles. The minimum Gasteiger partial charge on any atom is -0.475 e. The molecule has 4 aromatic rings. The van der Waals surface area contributed by atoms with Gasteiger partial charge in [0.25, 0.3) is 5.91 Å². The summed E-state index contributed by atoms with van der Waals surface area (Å²) in [5.41, 5.74) is -1.07. The van der Waals surface area contributed by atoms with E-state index in [1.807, 2.05) is 0 Å². The number of hydrogen-bond acceptors (Lipinski definition) is 7. The number of benzene rings is 2. The van der Waals surface area contributed by atoms with Gasteiger partial charge in [-0.15, -0.1) is 0 Å². The first-order valence-electron chi connectivity index (χ1n) is 10.6. The number of hydrogen-bond donors (Lipinski definition) is 3. The monoisotopic (exact) mass is 500 g/mol. The fraction of sp³-hybridized carbons (Fsp3) is 0.160. The van der Waals surface area contributed by atoms with E-state index in [0.717, 1.165) is 18.2 Å². The molecule has 0 fully saturated rings. The molecule has 0 aliphatic carbocycles. The van der Waals surface area contributed by atoms with Crippen LogP contribution in [0.4, 0.5) is 18.9 Å². The van der Waals surface area contributed by atoms with Crippen molar-refractivity contribution in [2.24, 2.45) is 0 Å². The topological polar surface area (TPSA) is 122 Å². The number of pyridine rings is 1. The number of rotatable bonds is 7. The average Bonchev–Trinajstić information content (AvgIpc) is 2.87. The van der Waals surface area contributed by atoms with Gasteiger partial charge in [0, 0.05) is 23.9 Å². The lowest BCUT2D eigenvalue weighted by Crippen LogP contribution is -2.21. The van der Waals surface area contributed by atoms with E-state index in [-0.39, 0.29) is 46.0 Å². The molecule has 0 bridgehead atoms. The molecule has 1 amide bonds. The molecule has 11 heteroatoms. The van der Waals surface area contributed by atoms with Crippen molar-refractivity contribution in [3.05, 3.63) is 88.2 Å². The predicted octanol–water partition coefficient (Wildman–Crippen LogP) is 3.86. The quantitative estimate of drug-likeness (QED) is 0.352. The second-order valence-corrected chi connectivity index (χ2v) is 7.72. The van der Waals surface area contributed by atoms with Crippen LogP contribution in [0, 0.1) is 0 Å². The maximum Gasteiger partial charge on any atom is 0.416 e. The maximum atomic E-state index is 13.1. The van der Waals surface area contributed by atoms with Crippen LogP contribution < -0.4 is 15.5 Å². The largest absolute Gasteiger partial charge is 0.475 e. The molecule has 0 aliphatic heterocycles. The van der Waals surface area contributed by atoms with Crippen LogP contribution in [0.15, 0.2) is 76.1 Å². The number of fused-ring (bicyclic) bond motifs is 1. The highest BCUT2D eigenvalue weighted by atomic mass is 19.4. The van der Waals surface area contributed by atoms with Crippen molar-refractivity contribution in [3.8, 4) is 17.2 Å². The third-order valence-electron chi connectivity index (χ3n) is 5.11. The number of aliphatic hydroxyl groups is 2. The molecule has 36 heavy (non-hydrogen) atoms.